The molecule has 2 atom stereocenters. The Bertz CT molecular complexity index is 440. The summed E-state index contributed by atoms with van der Waals surface area (Å²) in [5.41, 5.74) is 1.13. The van der Waals surface area contributed by atoms with E-state index in [4.69, 9.17) is 4.74 Å². The highest BCUT2D eigenvalue weighted by Gasteiger charge is 2.37. The van der Waals surface area contributed by atoms with E-state index >= 15 is 0 Å². The Balaban J connectivity index is 1.80. The van der Waals surface area contributed by atoms with Gasteiger partial charge in [0.05, 0.1) is 13.0 Å². The summed E-state index contributed by atoms with van der Waals surface area (Å²) in [5.74, 6) is 1.31. The molecule has 96 valence electrons. The smallest absolute Gasteiger partial charge is 0.143 e. The first-order valence-corrected chi connectivity index (χ1v) is 6.68. The third-order valence-corrected chi connectivity index (χ3v) is 4.26. The molecule has 0 aliphatic carbocycles. The quantitative estimate of drug-likeness (QED) is 0.800. The van der Waals surface area contributed by atoms with Gasteiger partial charge in [0, 0.05) is 19.0 Å². The van der Waals surface area contributed by atoms with Gasteiger partial charge in [-0.1, -0.05) is 12.1 Å². The number of benzene rings is 1. The summed E-state index contributed by atoms with van der Waals surface area (Å²) in [7, 11) is 1.66. The number of carbonyl (C=O) groups excluding carboxylic acids is 1. The molecule has 0 radical (unpaired) electrons. The van der Waals surface area contributed by atoms with Crippen LogP contribution in [0.25, 0.3) is 0 Å². The fraction of sp³-hybridized carbons (Fsp3) is 0.533. The van der Waals surface area contributed by atoms with Crippen molar-refractivity contribution in [3.05, 3.63) is 29.8 Å². The Morgan fingerprint density at radius 3 is 2.78 bits per heavy atom. The van der Waals surface area contributed by atoms with Crippen LogP contribution >= 0.6 is 0 Å². The summed E-state index contributed by atoms with van der Waals surface area (Å²) in [5, 5.41) is 0. The van der Waals surface area contributed by atoms with Crippen LogP contribution in [0.1, 0.15) is 30.7 Å². The predicted octanol–water partition coefficient (Wildman–Crippen LogP) is 2.22. The fourth-order valence-corrected chi connectivity index (χ4v) is 3.21. The number of piperidine rings is 1. The van der Waals surface area contributed by atoms with E-state index in [1.54, 1.807) is 7.11 Å². The molecule has 3 rings (SSSR count). The van der Waals surface area contributed by atoms with Crippen molar-refractivity contribution >= 4 is 5.78 Å². The molecule has 3 heteroatoms. The minimum absolute atomic E-state index is 0.0604. The second-order valence-corrected chi connectivity index (χ2v) is 5.29. The van der Waals surface area contributed by atoms with Crippen molar-refractivity contribution in [2.45, 2.75) is 31.2 Å². The lowest BCUT2D eigenvalue weighted by Gasteiger charge is -2.34. The lowest BCUT2D eigenvalue weighted by atomic mass is 9.86. The zero-order valence-electron chi connectivity index (χ0n) is 10.8. The van der Waals surface area contributed by atoms with E-state index in [1.807, 2.05) is 24.3 Å². The normalized spacial score (nSPS) is 28.2. The van der Waals surface area contributed by atoms with Crippen LogP contribution in [0.3, 0.4) is 0 Å². The summed E-state index contributed by atoms with van der Waals surface area (Å²) < 4.78 is 5.16. The van der Waals surface area contributed by atoms with Crippen LogP contribution in [0, 0.1) is 0 Å². The molecule has 3 nitrogen and oxygen atoms in total. The first-order chi connectivity index (χ1) is 8.78. The molecule has 0 bridgehead atoms. The standard InChI is InChI=1S/C15H19NO2/c1-18-13-6-4-11(5-7-13)14-10-16-8-2-3-12(16)9-15(14)17/h4-7,12,14H,2-3,8-10H2,1H3/t12-,14-/m1/s1. The molecule has 2 fully saturated rings. The molecule has 0 N–H and O–H groups in total. The van der Waals surface area contributed by atoms with E-state index in [9.17, 15) is 4.79 Å². The summed E-state index contributed by atoms with van der Waals surface area (Å²) in [4.78, 5) is 14.7. The van der Waals surface area contributed by atoms with Gasteiger partial charge in [0.2, 0.25) is 0 Å². The zero-order chi connectivity index (χ0) is 12.5. The highest BCUT2D eigenvalue weighted by molar-refractivity contribution is 5.87. The van der Waals surface area contributed by atoms with Crippen molar-refractivity contribution in [1.82, 2.24) is 4.90 Å². The minimum Gasteiger partial charge on any atom is -0.497 e. The first-order valence-electron chi connectivity index (χ1n) is 6.68. The maximum atomic E-state index is 12.2. The van der Waals surface area contributed by atoms with Gasteiger partial charge in [-0.15, -0.1) is 0 Å². The third-order valence-electron chi connectivity index (χ3n) is 4.26. The van der Waals surface area contributed by atoms with Crippen molar-refractivity contribution in [2.24, 2.45) is 0 Å². The SMILES string of the molecule is COc1ccc([C@H]2CN3CCC[C@@H]3CC2=O)cc1. The van der Waals surface area contributed by atoms with E-state index in [-0.39, 0.29) is 5.92 Å². The Morgan fingerprint density at radius 2 is 2.06 bits per heavy atom. The molecule has 2 aliphatic rings. The van der Waals surface area contributed by atoms with Crippen LogP contribution < -0.4 is 4.74 Å². The maximum absolute atomic E-state index is 12.2. The molecule has 2 saturated heterocycles. The van der Waals surface area contributed by atoms with Gasteiger partial charge in [-0.2, -0.15) is 0 Å². The Kier molecular flexibility index (Phi) is 3.08. The fourth-order valence-electron chi connectivity index (χ4n) is 3.21. The third kappa shape index (κ3) is 2.03. The number of hydrogen-bond donors (Lipinski definition) is 0. The number of ether oxygens (including phenoxy) is 1. The number of carbonyl (C=O) groups is 1. The molecule has 0 saturated carbocycles. The van der Waals surface area contributed by atoms with Gasteiger partial charge in [-0.05, 0) is 37.1 Å². The molecule has 1 aromatic rings. The van der Waals surface area contributed by atoms with Crippen molar-refractivity contribution in [2.75, 3.05) is 20.2 Å². The lowest BCUT2D eigenvalue weighted by molar-refractivity contribution is -0.124. The summed E-state index contributed by atoms with van der Waals surface area (Å²) in [6.45, 7) is 2.06. The van der Waals surface area contributed by atoms with Crippen molar-refractivity contribution in [3.8, 4) is 5.75 Å². The average Bonchev–Trinajstić information content (AvgIpc) is 2.85. The number of Topliss-reactive ketones (excluding diaryl/α,β-unsaturated/α-hetero) is 1. The lowest BCUT2D eigenvalue weighted by Crippen LogP contribution is -2.42. The number of methoxy groups -OCH3 is 1. The number of hydrogen-bond acceptors (Lipinski definition) is 3. The second-order valence-electron chi connectivity index (χ2n) is 5.29. The maximum Gasteiger partial charge on any atom is 0.143 e. The number of nitrogens with zero attached hydrogens (tertiary/aromatic N) is 1. The van der Waals surface area contributed by atoms with Crippen molar-refractivity contribution in [3.63, 3.8) is 0 Å². The average molecular weight is 245 g/mol. The largest absolute Gasteiger partial charge is 0.497 e. The van der Waals surface area contributed by atoms with Gasteiger partial charge in [-0.25, -0.2) is 0 Å². The molecule has 2 aliphatic heterocycles. The van der Waals surface area contributed by atoms with Gasteiger partial charge >= 0.3 is 0 Å². The first kappa shape index (κ1) is 11.7. The molecule has 18 heavy (non-hydrogen) atoms. The monoisotopic (exact) mass is 245 g/mol. The summed E-state index contributed by atoms with van der Waals surface area (Å²) >= 11 is 0. The van der Waals surface area contributed by atoms with Crippen LogP contribution in [-0.2, 0) is 4.79 Å². The number of rotatable bonds is 2. The Morgan fingerprint density at radius 1 is 1.28 bits per heavy atom. The molecule has 0 amide bonds. The Hall–Kier alpha value is -1.35. The van der Waals surface area contributed by atoms with Gasteiger partial charge in [-0.3, -0.25) is 9.69 Å². The second kappa shape index (κ2) is 4.73. The van der Waals surface area contributed by atoms with Crippen molar-refractivity contribution in [1.29, 1.82) is 0 Å². The van der Waals surface area contributed by atoms with Gasteiger partial charge in [0.1, 0.15) is 11.5 Å². The molecule has 1 aromatic carbocycles. The van der Waals surface area contributed by atoms with E-state index in [0.29, 0.717) is 11.8 Å². The van der Waals surface area contributed by atoms with Gasteiger partial charge in [0.25, 0.3) is 0 Å². The minimum atomic E-state index is 0.0604. The molecular weight excluding hydrogens is 226 g/mol. The van der Waals surface area contributed by atoms with Crippen LogP contribution in [0.15, 0.2) is 24.3 Å². The van der Waals surface area contributed by atoms with Crippen LogP contribution in [0.4, 0.5) is 0 Å². The number of ketones is 1. The molecule has 0 aromatic heterocycles. The highest BCUT2D eigenvalue weighted by Crippen LogP contribution is 2.33. The summed E-state index contributed by atoms with van der Waals surface area (Å²) in [6, 6.07) is 8.46. The van der Waals surface area contributed by atoms with Crippen LogP contribution in [-0.4, -0.2) is 36.9 Å². The zero-order valence-corrected chi connectivity index (χ0v) is 10.8. The molecular formula is C15H19NO2. The molecule has 0 spiro atoms. The Labute approximate surface area is 108 Å². The molecule has 2 heterocycles. The highest BCUT2D eigenvalue weighted by atomic mass is 16.5. The van der Waals surface area contributed by atoms with Crippen molar-refractivity contribution < 1.29 is 9.53 Å². The topological polar surface area (TPSA) is 29.5 Å². The summed E-state index contributed by atoms with van der Waals surface area (Å²) in [6.07, 6.45) is 3.17. The molecule has 0 unspecified atom stereocenters. The van der Waals surface area contributed by atoms with Gasteiger partial charge < -0.3 is 4.74 Å². The van der Waals surface area contributed by atoms with E-state index < -0.39 is 0 Å². The van der Waals surface area contributed by atoms with Crippen LogP contribution in [0.5, 0.6) is 5.75 Å². The van der Waals surface area contributed by atoms with Gasteiger partial charge in [0.15, 0.2) is 0 Å². The van der Waals surface area contributed by atoms with E-state index in [2.05, 4.69) is 4.90 Å². The van der Waals surface area contributed by atoms with Crippen LogP contribution in [0.2, 0.25) is 0 Å². The van der Waals surface area contributed by atoms with E-state index in [0.717, 1.165) is 30.8 Å². The van der Waals surface area contributed by atoms with E-state index in [1.165, 1.54) is 12.8 Å². The number of fused-ring (bicyclic) bond motifs is 1. The predicted molar refractivity (Wildman–Crippen MR) is 70.0 cm³/mol.